The van der Waals surface area contributed by atoms with Gasteiger partial charge in [-0.15, -0.1) is 0 Å². The quantitative estimate of drug-likeness (QED) is 0.348. The summed E-state index contributed by atoms with van der Waals surface area (Å²) in [4.78, 5) is 1.93. The number of fused-ring (bicyclic) bond motifs is 2. The monoisotopic (exact) mass is 141 g/mol. The molecule has 0 radical (unpaired) electrons. The molecule has 3 N–H and O–H groups in total. The zero-order valence-electron chi connectivity index (χ0n) is 5.71. The van der Waals surface area contributed by atoms with Crippen LogP contribution in [0.25, 0.3) is 0 Å². The molecule has 3 saturated heterocycles. The molecule has 3 heterocycles. The maximum absolute atomic E-state index is 7.20. The Morgan fingerprint density at radius 2 is 2.10 bits per heavy atom. The lowest BCUT2D eigenvalue weighted by Gasteiger charge is -2.52. The van der Waals surface area contributed by atoms with Crippen LogP contribution in [-0.4, -0.2) is 36.2 Å². The Kier molecular flexibility index (Phi) is 1.11. The molecule has 2 bridgehead atoms. The van der Waals surface area contributed by atoms with Gasteiger partial charge < -0.3 is 15.4 Å². The van der Waals surface area contributed by atoms with Crippen LogP contribution >= 0.6 is 0 Å². The topological polar surface area (TPSA) is 62.3 Å². The Balaban J connectivity index is 2.06. The summed E-state index contributed by atoms with van der Waals surface area (Å²) in [5.41, 5.74) is 5.34. The second kappa shape index (κ2) is 1.85. The average molecular weight is 141 g/mol. The minimum absolute atomic E-state index is 0.199. The van der Waals surface area contributed by atoms with Crippen LogP contribution in [0.2, 0.25) is 0 Å². The molecule has 4 heteroatoms. The predicted molar refractivity (Wildman–Crippen MR) is 36.8 cm³/mol. The average Bonchev–Trinajstić information content (AvgIpc) is 1.87. The van der Waals surface area contributed by atoms with Crippen molar-refractivity contribution in [1.82, 2.24) is 4.90 Å². The Hall–Kier alpha value is -0.770. The van der Waals surface area contributed by atoms with Gasteiger partial charge in [-0.25, -0.2) is 0 Å². The van der Waals surface area contributed by atoms with Crippen molar-refractivity contribution in [1.29, 1.82) is 5.41 Å². The molecule has 0 spiro atoms. The van der Waals surface area contributed by atoms with Crippen LogP contribution in [-0.2, 0) is 4.74 Å². The van der Waals surface area contributed by atoms with Crippen molar-refractivity contribution in [2.24, 2.45) is 5.73 Å². The van der Waals surface area contributed by atoms with Gasteiger partial charge in [0.05, 0.1) is 25.3 Å². The lowest BCUT2D eigenvalue weighted by atomic mass is 9.92. The summed E-state index contributed by atoms with van der Waals surface area (Å²) >= 11 is 0. The first-order valence-corrected chi connectivity index (χ1v) is 3.49. The number of nitrogens with zero attached hydrogens (tertiary/aromatic N) is 1. The highest BCUT2D eigenvalue weighted by Crippen LogP contribution is 2.29. The molecule has 10 heavy (non-hydrogen) atoms. The third-order valence-electron chi connectivity index (χ3n) is 2.23. The number of ether oxygens (including phenoxy) is 1. The van der Waals surface area contributed by atoms with E-state index in [1.807, 2.05) is 4.90 Å². The molecule has 3 fully saturated rings. The molecule has 0 aliphatic carbocycles. The molecule has 3 aliphatic rings. The molecule has 3 aliphatic heterocycles. The van der Waals surface area contributed by atoms with Gasteiger partial charge in [0.25, 0.3) is 0 Å². The van der Waals surface area contributed by atoms with E-state index in [0.717, 1.165) is 19.6 Å². The zero-order chi connectivity index (χ0) is 7.14. The lowest BCUT2D eigenvalue weighted by Crippen LogP contribution is -2.67. The molecule has 2 unspecified atom stereocenters. The van der Waals surface area contributed by atoms with Gasteiger partial charge in [-0.05, 0) is 6.42 Å². The maximum atomic E-state index is 7.20. The Morgan fingerprint density at radius 1 is 1.50 bits per heavy atom. The van der Waals surface area contributed by atoms with Crippen LogP contribution < -0.4 is 5.73 Å². The maximum Gasteiger partial charge on any atom is 0.189 e. The molecule has 4 nitrogen and oxygen atoms in total. The zero-order valence-corrected chi connectivity index (χ0v) is 5.71. The van der Waals surface area contributed by atoms with E-state index >= 15 is 0 Å². The van der Waals surface area contributed by atoms with Crippen LogP contribution in [0.15, 0.2) is 0 Å². The van der Waals surface area contributed by atoms with Gasteiger partial charge in [0.2, 0.25) is 0 Å². The van der Waals surface area contributed by atoms with E-state index in [2.05, 4.69) is 0 Å². The summed E-state index contributed by atoms with van der Waals surface area (Å²) in [6, 6.07) is 0.799. The fourth-order valence-electron chi connectivity index (χ4n) is 1.73. The Morgan fingerprint density at radius 3 is 2.40 bits per heavy atom. The molecule has 0 aromatic heterocycles. The highest BCUT2D eigenvalue weighted by molar-refractivity contribution is 5.76. The Bertz CT molecular complexity index is 156. The fourth-order valence-corrected chi connectivity index (χ4v) is 1.73. The van der Waals surface area contributed by atoms with Crippen molar-refractivity contribution in [2.75, 3.05) is 13.2 Å². The van der Waals surface area contributed by atoms with Crippen LogP contribution in [0, 0.1) is 5.41 Å². The molecule has 3 rings (SSSR count). The number of hydrogen-bond acceptors (Lipinski definition) is 2. The minimum atomic E-state index is 0.199. The third kappa shape index (κ3) is 0.623. The number of rotatable bonds is 0. The highest BCUT2D eigenvalue weighted by atomic mass is 16.5. The van der Waals surface area contributed by atoms with E-state index in [1.165, 1.54) is 0 Å². The van der Waals surface area contributed by atoms with Crippen molar-refractivity contribution >= 4 is 5.96 Å². The normalized spacial score (nSPS) is 37.0. The highest BCUT2D eigenvalue weighted by Gasteiger charge is 2.42. The molecule has 0 aromatic carbocycles. The van der Waals surface area contributed by atoms with Crippen LogP contribution in [0.5, 0.6) is 0 Å². The number of nitrogens with one attached hydrogen (secondary N) is 1. The standard InChI is InChI=1S/C6H11N3O/c7-6(8)9-4-1-5(9)3-10-2-4/h4-5H,1-3H2,(H3,7,8). The minimum Gasteiger partial charge on any atom is -0.377 e. The van der Waals surface area contributed by atoms with Gasteiger partial charge in [0, 0.05) is 0 Å². The van der Waals surface area contributed by atoms with Crippen LogP contribution in [0.1, 0.15) is 6.42 Å². The Labute approximate surface area is 59.5 Å². The summed E-state index contributed by atoms with van der Waals surface area (Å²) in [5.74, 6) is 0.199. The third-order valence-corrected chi connectivity index (χ3v) is 2.23. The van der Waals surface area contributed by atoms with E-state index in [9.17, 15) is 0 Å². The molecular weight excluding hydrogens is 130 g/mol. The van der Waals surface area contributed by atoms with E-state index in [0.29, 0.717) is 12.1 Å². The predicted octanol–water partition coefficient (Wildman–Crippen LogP) is -0.647. The van der Waals surface area contributed by atoms with Crippen LogP contribution in [0.3, 0.4) is 0 Å². The SMILES string of the molecule is N=C(N)N1C2COCC1C2. The van der Waals surface area contributed by atoms with Crippen molar-refractivity contribution < 1.29 is 4.74 Å². The first kappa shape index (κ1) is 5.97. The van der Waals surface area contributed by atoms with Crippen molar-refractivity contribution in [3.8, 4) is 0 Å². The summed E-state index contributed by atoms with van der Waals surface area (Å²) < 4.78 is 5.22. The van der Waals surface area contributed by atoms with Crippen LogP contribution in [0.4, 0.5) is 0 Å². The van der Waals surface area contributed by atoms with E-state index in [-0.39, 0.29) is 5.96 Å². The van der Waals surface area contributed by atoms with Crippen molar-refractivity contribution in [2.45, 2.75) is 18.5 Å². The smallest absolute Gasteiger partial charge is 0.189 e. The molecular formula is C6H11N3O. The summed E-state index contributed by atoms with van der Waals surface area (Å²) in [5, 5.41) is 7.20. The number of nitrogens with two attached hydrogens (primary N) is 1. The van der Waals surface area contributed by atoms with Gasteiger partial charge in [-0.3, -0.25) is 5.41 Å². The van der Waals surface area contributed by atoms with Gasteiger partial charge in [-0.1, -0.05) is 0 Å². The van der Waals surface area contributed by atoms with Crippen molar-refractivity contribution in [3.63, 3.8) is 0 Å². The summed E-state index contributed by atoms with van der Waals surface area (Å²) in [7, 11) is 0. The first-order chi connectivity index (χ1) is 4.79. The molecule has 0 saturated carbocycles. The van der Waals surface area contributed by atoms with E-state index in [4.69, 9.17) is 15.9 Å². The van der Waals surface area contributed by atoms with E-state index < -0.39 is 0 Å². The van der Waals surface area contributed by atoms with Gasteiger partial charge in [-0.2, -0.15) is 0 Å². The lowest BCUT2D eigenvalue weighted by molar-refractivity contribution is -0.0893. The van der Waals surface area contributed by atoms with Gasteiger partial charge in [0.1, 0.15) is 0 Å². The molecule has 0 amide bonds. The molecule has 0 aromatic rings. The largest absolute Gasteiger partial charge is 0.377 e. The van der Waals surface area contributed by atoms with Gasteiger partial charge >= 0.3 is 0 Å². The van der Waals surface area contributed by atoms with Crippen molar-refractivity contribution in [3.05, 3.63) is 0 Å². The summed E-state index contributed by atoms with van der Waals surface area (Å²) in [6.07, 6.45) is 1.15. The van der Waals surface area contributed by atoms with E-state index in [1.54, 1.807) is 0 Å². The first-order valence-electron chi connectivity index (χ1n) is 3.49. The fraction of sp³-hybridized carbons (Fsp3) is 0.833. The number of guanidine groups is 1. The second-order valence-corrected chi connectivity index (χ2v) is 2.87. The number of hydrogen-bond donors (Lipinski definition) is 2. The van der Waals surface area contributed by atoms with Gasteiger partial charge in [0.15, 0.2) is 5.96 Å². The molecule has 2 atom stereocenters. The second-order valence-electron chi connectivity index (χ2n) is 2.87. The molecule has 56 valence electrons. The summed E-state index contributed by atoms with van der Waals surface area (Å²) in [6.45, 7) is 1.49. The number of morpholine rings is 1.